The van der Waals surface area contributed by atoms with Crippen LogP contribution >= 0.6 is 11.3 Å². The van der Waals surface area contributed by atoms with Crippen LogP contribution in [0.4, 0.5) is 21.3 Å². The zero-order chi connectivity index (χ0) is 19.5. The van der Waals surface area contributed by atoms with Crippen LogP contribution in [0.2, 0.25) is 0 Å². The number of amides is 2. The molecule has 2 amide bonds. The van der Waals surface area contributed by atoms with Gasteiger partial charge in [0, 0.05) is 5.69 Å². The minimum absolute atomic E-state index is 0.333. The smallest absolute Gasteiger partial charge is 0.308 e. The molecule has 28 heavy (non-hydrogen) atoms. The molecular formula is C21H16N4O2S. The van der Waals surface area contributed by atoms with Gasteiger partial charge in [0.05, 0.1) is 10.2 Å². The predicted octanol–water partition coefficient (Wildman–Crippen LogP) is 6.31. The summed E-state index contributed by atoms with van der Waals surface area (Å²) < 4.78 is 0.786. The monoisotopic (exact) mass is 388 g/mol. The summed E-state index contributed by atoms with van der Waals surface area (Å²) in [5.74, 6) is 0. The molecule has 0 aliphatic heterocycles. The number of aryl methyl sites for hydroxylation is 1. The minimum atomic E-state index is -0.381. The minimum Gasteiger partial charge on any atom is -0.308 e. The Morgan fingerprint density at radius 1 is 0.964 bits per heavy atom. The number of thiazole rings is 1. The van der Waals surface area contributed by atoms with Gasteiger partial charge < -0.3 is 5.32 Å². The van der Waals surface area contributed by atoms with Gasteiger partial charge in [0.25, 0.3) is 0 Å². The molecule has 4 rings (SSSR count). The Labute approximate surface area is 165 Å². The maximum absolute atomic E-state index is 12.4. The Kier molecular flexibility index (Phi) is 4.82. The maximum Gasteiger partial charge on any atom is 0.325 e. The third-order valence-corrected chi connectivity index (χ3v) is 5.14. The second-order valence-corrected chi connectivity index (χ2v) is 7.32. The largest absolute Gasteiger partial charge is 0.325 e. The number of aromatic nitrogens is 1. The van der Waals surface area contributed by atoms with Gasteiger partial charge in [-0.25, -0.2) is 9.78 Å². The van der Waals surface area contributed by atoms with Crippen LogP contribution < -0.4 is 10.6 Å². The molecule has 1 heterocycles. The molecule has 4 aromatic rings. The molecule has 6 nitrogen and oxygen atoms in total. The topological polar surface area (TPSA) is 83.4 Å². The van der Waals surface area contributed by atoms with Gasteiger partial charge in [-0.15, -0.1) is 4.91 Å². The Balaban J connectivity index is 1.48. The summed E-state index contributed by atoms with van der Waals surface area (Å²) in [5, 5.41) is 8.92. The molecule has 2 N–H and O–H groups in total. The number of urea groups is 1. The van der Waals surface area contributed by atoms with Crippen molar-refractivity contribution in [1.29, 1.82) is 0 Å². The van der Waals surface area contributed by atoms with E-state index >= 15 is 0 Å². The van der Waals surface area contributed by atoms with Gasteiger partial charge in [0.15, 0.2) is 5.13 Å². The third-order valence-electron chi connectivity index (χ3n) is 4.20. The first kappa shape index (κ1) is 17.8. The molecule has 1 aromatic heterocycles. The van der Waals surface area contributed by atoms with Crippen molar-refractivity contribution in [3.63, 3.8) is 0 Å². The molecule has 0 saturated carbocycles. The van der Waals surface area contributed by atoms with Crippen LogP contribution in [0, 0.1) is 11.8 Å². The van der Waals surface area contributed by atoms with Crippen molar-refractivity contribution in [2.24, 2.45) is 5.18 Å². The van der Waals surface area contributed by atoms with E-state index in [9.17, 15) is 9.70 Å². The standard InChI is InChI=1S/C21H16N4O2S/c1-13-5-7-14(8-6-13)15-3-2-4-16(11-15)22-20(26)24-21-23-18-10-9-17(25-27)12-19(18)28-21/h2-12H,1H3,(H2,22,23,24,26). The fourth-order valence-electron chi connectivity index (χ4n) is 2.81. The molecule has 7 heteroatoms. The zero-order valence-corrected chi connectivity index (χ0v) is 15.8. The first-order valence-electron chi connectivity index (χ1n) is 8.60. The quantitative estimate of drug-likeness (QED) is 0.402. The number of anilines is 2. The lowest BCUT2D eigenvalue weighted by Crippen LogP contribution is -2.19. The van der Waals surface area contributed by atoms with E-state index in [1.165, 1.54) is 16.9 Å². The molecule has 3 aromatic carbocycles. The maximum atomic E-state index is 12.4. The number of benzene rings is 3. The number of hydrogen-bond acceptors (Lipinski definition) is 5. The van der Waals surface area contributed by atoms with Crippen molar-refractivity contribution in [1.82, 2.24) is 4.98 Å². The number of nitrogens with one attached hydrogen (secondary N) is 2. The van der Waals surface area contributed by atoms with E-state index in [-0.39, 0.29) is 6.03 Å². The van der Waals surface area contributed by atoms with Gasteiger partial charge in [-0.3, -0.25) is 5.32 Å². The highest BCUT2D eigenvalue weighted by molar-refractivity contribution is 7.22. The molecule has 0 spiro atoms. The van der Waals surface area contributed by atoms with Gasteiger partial charge in [-0.1, -0.05) is 53.3 Å². The van der Waals surface area contributed by atoms with Crippen LogP contribution in [0.15, 0.2) is 71.9 Å². The molecule has 0 unspecified atom stereocenters. The first-order valence-corrected chi connectivity index (χ1v) is 9.41. The average molecular weight is 388 g/mol. The number of fused-ring (bicyclic) bond motifs is 1. The Bertz CT molecular complexity index is 1170. The summed E-state index contributed by atoms with van der Waals surface area (Å²) in [4.78, 5) is 27.3. The number of carbonyl (C=O) groups excluding carboxylic acids is 1. The molecule has 138 valence electrons. The average Bonchev–Trinajstić information content (AvgIpc) is 3.09. The van der Waals surface area contributed by atoms with E-state index in [1.807, 2.05) is 31.2 Å². The van der Waals surface area contributed by atoms with Crippen molar-refractivity contribution in [3.8, 4) is 11.1 Å². The molecule has 0 aliphatic rings. The number of hydrogen-bond donors (Lipinski definition) is 2. The normalized spacial score (nSPS) is 10.6. The van der Waals surface area contributed by atoms with Gasteiger partial charge in [0.2, 0.25) is 0 Å². The molecule has 0 saturated heterocycles. The summed E-state index contributed by atoms with van der Waals surface area (Å²) >= 11 is 1.29. The molecular weight excluding hydrogens is 372 g/mol. The van der Waals surface area contributed by atoms with E-state index in [4.69, 9.17) is 0 Å². The van der Waals surface area contributed by atoms with Crippen LogP contribution in [0.1, 0.15) is 5.56 Å². The van der Waals surface area contributed by atoms with Crippen LogP contribution in [-0.2, 0) is 0 Å². The van der Waals surface area contributed by atoms with E-state index in [0.717, 1.165) is 15.8 Å². The Morgan fingerprint density at radius 3 is 2.57 bits per heavy atom. The number of nitrogens with zero attached hydrogens (tertiary/aromatic N) is 2. The lowest BCUT2D eigenvalue weighted by atomic mass is 10.0. The molecule has 0 radical (unpaired) electrons. The SMILES string of the molecule is Cc1ccc(-c2cccc(NC(=O)Nc3nc4ccc(N=O)cc4s3)c2)cc1. The highest BCUT2D eigenvalue weighted by Crippen LogP contribution is 2.29. The van der Waals surface area contributed by atoms with Crippen LogP contribution in [0.5, 0.6) is 0 Å². The highest BCUT2D eigenvalue weighted by Gasteiger charge is 2.09. The first-order chi connectivity index (χ1) is 13.6. The van der Waals surface area contributed by atoms with E-state index in [2.05, 4.69) is 45.1 Å². The van der Waals surface area contributed by atoms with E-state index < -0.39 is 0 Å². The summed E-state index contributed by atoms with van der Waals surface area (Å²) in [6.45, 7) is 2.05. The fraction of sp³-hybridized carbons (Fsp3) is 0.0476. The molecule has 0 fully saturated rings. The van der Waals surface area contributed by atoms with Crippen LogP contribution in [-0.4, -0.2) is 11.0 Å². The Hall–Kier alpha value is -3.58. The summed E-state index contributed by atoms with van der Waals surface area (Å²) in [6, 6.07) is 20.4. The van der Waals surface area contributed by atoms with Crippen molar-refractivity contribution in [3.05, 3.63) is 77.2 Å². The number of rotatable bonds is 4. The van der Waals surface area contributed by atoms with Crippen molar-refractivity contribution in [2.45, 2.75) is 6.92 Å². The second kappa shape index (κ2) is 7.58. The third kappa shape index (κ3) is 3.89. The van der Waals surface area contributed by atoms with Crippen molar-refractivity contribution >= 4 is 44.1 Å². The van der Waals surface area contributed by atoms with Gasteiger partial charge in [-0.05, 0) is 53.6 Å². The number of carbonyl (C=O) groups is 1. The van der Waals surface area contributed by atoms with Gasteiger partial charge >= 0.3 is 6.03 Å². The van der Waals surface area contributed by atoms with E-state index in [1.54, 1.807) is 18.2 Å². The summed E-state index contributed by atoms with van der Waals surface area (Å²) in [5.41, 5.74) is 5.02. The van der Waals surface area contributed by atoms with Crippen LogP contribution in [0.25, 0.3) is 21.3 Å². The molecule has 0 aliphatic carbocycles. The lowest BCUT2D eigenvalue weighted by Gasteiger charge is -2.08. The summed E-state index contributed by atoms with van der Waals surface area (Å²) in [7, 11) is 0. The summed E-state index contributed by atoms with van der Waals surface area (Å²) in [6.07, 6.45) is 0. The van der Waals surface area contributed by atoms with E-state index in [0.29, 0.717) is 22.0 Å². The second-order valence-electron chi connectivity index (χ2n) is 6.29. The molecule has 0 bridgehead atoms. The predicted molar refractivity (Wildman–Crippen MR) is 114 cm³/mol. The zero-order valence-electron chi connectivity index (χ0n) is 15.0. The Morgan fingerprint density at radius 2 is 1.79 bits per heavy atom. The van der Waals surface area contributed by atoms with Gasteiger partial charge in [0.1, 0.15) is 5.69 Å². The number of nitroso groups, excluding NO2 is 1. The fourth-order valence-corrected chi connectivity index (χ4v) is 3.70. The van der Waals surface area contributed by atoms with Gasteiger partial charge in [-0.2, -0.15) is 0 Å². The van der Waals surface area contributed by atoms with Crippen molar-refractivity contribution < 1.29 is 4.79 Å². The van der Waals surface area contributed by atoms with Crippen molar-refractivity contribution in [2.75, 3.05) is 10.6 Å². The highest BCUT2D eigenvalue weighted by atomic mass is 32.1. The lowest BCUT2D eigenvalue weighted by molar-refractivity contribution is 0.262. The van der Waals surface area contributed by atoms with Crippen LogP contribution in [0.3, 0.4) is 0 Å². The molecule has 0 atom stereocenters.